The van der Waals surface area contributed by atoms with Crippen LogP contribution >= 0.6 is 0 Å². The smallest absolute Gasteiger partial charge is 0.255 e. The van der Waals surface area contributed by atoms with Gasteiger partial charge in [0.05, 0.1) is 6.04 Å². The molecule has 0 spiro atoms. The van der Waals surface area contributed by atoms with Crippen LogP contribution in [0.4, 0.5) is 0 Å². The van der Waals surface area contributed by atoms with E-state index in [-0.39, 0.29) is 29.7 Å². The average molecular weight is 535 g/mol. The third-order valence-electron chi connectivity index (χ3n) is 8.05. The summed E-state index contributed by atoms with van der Waals surface area (Å²) in [6.07, 6.45) is 1.60. The first-order valence-corrected chi connectivity index (χ1v) is 14.1. The zero-order valence-electron chi connectivity index (χ0n) is 22.8. The summed E-state index contributed by atoms with van der Waals surface area (Å²) in [5.41, 5.74) is 5.66. The summed E-state index contributed by atoms with van der Waals surface area (Å²) >= 11 is 0. The van der Waals surface area contributed by atoms with Crippen molar-refractivity contribution in [1.82, 2.24) is 20.5 Å². The first-order valence-electron chi connectivity index (χ1n) is 14.1. The van der Waals surface area contributed by atoms with Gasteiger partial charge in [0, 0.05) is 35.1 Å². The van der Waals surface area contributed by atoms with Crippen LogP contribution in [0.25, 0.3) is 10.9 Å². The van der Waals surface area contributed by atoms with Crippen molar-refractivity contribution in [1.29, 1.82) is 0 Å². The Balaban J connectivity index is 1.27. The fourth-order valence-electron chi connectivity index (χ4n) is 6.21. The maximum atomic E-state index is 14.0. The molecule has 3 heterocycles. The Bertz CT molecular complexity index is 1580. The molecule has 0 saturated heterocycles. The number of para-hydroxylation sites is 1. The second-order valence-corrected chi connectivity index (χ2v) is 11.2. The van der Waals surface area contributed by atoms with Crippen LogP contribution in [-0.2, 0) is 22.4 Å². The minimum atomic E-state index is -0.733. The first kappa shape index (κ1) is 25.9. The van der Waals surface area contributed by atoms with Gasteiger partial charge in [0.15, 0.2) is 0 Å². The molecule has 0 saturated carbocycles. The molecule has 3 unspecified atom stereocenters. The summed E-state index contributed by atoms with van der Waals surface area (Å²) in [4.78, 5) is 46.2. The van der Waals surface area contributed by atoms with Crippen LogP contribution in [0, 0.1) is 5.92 Å². The predicted octanol–water partition coefficient (Wildman–Crippen LogP) is 4.53. The summed E-state index contributed by atoms with van der Waals surface area (Å²) in [6.45, 7) is 4.55. The molecule has 4 aromatic rings. The van der Waals surface area contributed by atoms with E-state index in [1.165, 1.54) is 0 Å². The number of benzene rings is 3. The lowest BCUT2D eigenvalue weighted by molar-refractivity contribution is -0.132. The minimum Gasteiger partial charge on any atom is -0.356 e. The van der Waals surface area contributed by atoms with E-state index in [1.54, 1.807) is 4.90 Å². The number of hydrogen-bond acceptors (Lipinski definition) is 3. The second-order valence-electron chi connectivity index (χ2n) is 11.2. The zero-order valence-corrected chi connectivity index (χ0v) is 22.8. The van der Waals surface area contributed by atoms with Gasteiger partial charge in [-0.05, 0) is 47.6 Å². The Kier molecular flexibility index (Phi) is 6.88. The lowest BCUT2D eigenvalue weighted by Gasteiger charge is -2.37. The average Bonchev–Trinajstić information content (AvgIpc) is 3.48. The van der Waals surface area contributed by atoms with Crippen LogP contribution in [0.3, 0.4) is 0 Å². The van der Waals surface area contributed by atoms with Gasteiger partial charge in [0.25, 0.3) is 5.91 Å². The predicted molar refractivity (Wildman–Crippen MR) is 155 cm³/mol. The monoisotopic (exact) mass is 534 g/mol. The summed E-state index contributed by atoms with van der Waals surface area (Å²) in [5.74, 6) is -0.458. The SMILES string of the molecule is CC(C)CC(NC(=O)C1Cc2c([nH]c3ccccc23)C2c3ccccc3C(=O)N12)C(=O)NCCc1ccccc1. The lowest BCUT2D eigenvalue weighted by Crippen LogP contribution is -2.56. The molecule has 0 bridgehead atoms. The summed E-state index contributed by atoms with van der Waals surface area (Å²) in [6, 6.07) is 23.8. The summed E-state index contributed by atoms with van der Waals surface area (Å²) < 4.78 is 0. The van der Waals surface area contributed by atoms with Crippen molar-refractivity contribution in [2.45, 2.75) is 51.2 Å². The number of carbonyl (C=O) groups excluding carboxylic acids is 3. The Hall–Kier alpha value is -4.39. The van der Waals surface area contributed by atoms with Gasteiger partial charge in [-0.3, -0.25) is 14.4 Å². The lowest BCUT2D eigenvalue weighted by atomic mass is 9.89. The van der Waals surface area contributed by atoms with Crippen LogP contribution in [0.5, 0.6) is 0 Å². The standard InChI is InChI=1S/C33H34N4O3/c1-20(2)18-27(31(38)34-17-16-21-10-4-3-5-11-21)36-32(39)28-19-25-22-12-8-9-15-26(22)35-29(25)30-23-13-6-7-14-24(23)33(40)37(28)30/h3-15,20,27-28,30,35H,16-19H2,1-2H3,(H,34,38)(H,36,39). The number of fused-ring (bicyclic) bond motifs is 7. The Morgan fingerprint density at radius 3 is 2.50 bits per heavy atom. The molecule has 7 nitrogen and oxygen atoms in total. The highest BCUT2D eigenvalue weighted by Gasteiger charge is 2.49. The third-order valence-corrected chi connectivity index (χ3v) is 8.05. The molecule has 7 heteroatoms. The molecule has 3 N–H and O–H groups in total. The molecule has 6 rings (SSSR count). The van der Waals surface area contributed by atoms with Crippen molar-refractivity contribution in [3.8, 4) is 0 Å². The molecule has 204 valence electrons. The van der Waals surface area contributed by atoms with Crippen LogP contribution in [-0.4, -0.2) is 46.2 Å². The van der Waals surface area contributed by atoms with Gasteiger partial charge in [0.1, 0.15) is 12.1 Å². The van der Waals surface area contributed by atoms with Crippen molar-refractivity contribution >= 4 is 28.6 Å². The highest BCUT2D eigenvalue weighted by Crippen LogP contribution is 2.46. The number of nitrogens with zero attached hydrogens (tertiary/aromatic N) is 1. The molecule has 3 atom stereocenters. The molecule has 1 aromatic heterocycles. The van der Waals surface area contributed by atoms with Crippen LogP contribution in [0.2, 0.25) is 0 Å². The van der Waals surface area contributed by atoms with Crippen molar-refractivity contribution < 1.29 is 14.4 Å². The number of nitrogens with one attached hydrogen (secondary N) is 3. The van der Waals surface area contributed by atoms with Gasteiger partial charge in [-0.1, -0.05) is 80.6 Å². The fourth-order valence-corrected chi connectivity index (χ4v) is 6.21. The van der Waals surface area contributed by atoms with Crippen LogP contribution in [0.1, 0.15) is 59.1 Å². The van der Waals surface area contributed by atoms with E-state index in [0.29, 0.717) is 31.4 Å². The number of hydrogen-bond donors (Lipinski definition) is 3. The molecule has 40 heavy (non-hydrogen) atoms. The van der Waals surface area contributed by atoms with Gasteiger partial charge in [-0.25, -0.2) is 0 Å². The van der Waals surface area contributed by atoms with Crippen molar-refractivity contribution in [2.75, 3.05) is 6.54 Å². The van der Waals surface area contributed by atoms with Gasteiger partial charge in [-0.2, -0.15) is 0 Å². The Labute approximate surface area is 234 Å². The maximum absolute atomic E-state index is 14.0. The molecule has 0 aliphatic carbocycles. The van der Waals surface area contributed by atoms with E-state index in [9.17, 15) is 14.4 Å². The number of aromatic amines is 1. The van der Waals surface area contributed by atoms with E-state index in [2.05, 4.69) is 21.7 Å². The molecule has 0 radical (unpaired) electrons. The molecule has 3 aromatic carbocycles. The summed E-state index contributed by atoms with van der Waals surface area (Å²) in [7, 11) is 0. The van der Waals surface area contributed by atoms with Crippen LogP contribution < -0.4 is 10.6 Å². The molecule has 0 fully saturated rings. The quantitative estimate of drug-likeness (QED) is 0.310. The van der Waals surface area contributed by atoms with Crippen molar-refractivity contribution in [3.63, 3.8) is 0 Å². The molecule has 3 amide bonds. The van der Waals surface area contributed by atoms with Gasteiger partial charge < -0.3 is 20.5 Å². The molecule has 2 aliphatic heterocycles. The van der Waals surface area contributed by atoms with Crippen molar-refractivity contribution in [2.24, 2.45) is 5.92 Å². The molecular formula is C33H34N4O3. The van der Waals surface area contributed by atoms with Crippen molar-refractivity contribution in [3.05, 3.63) is 107 Å². The third kappa shape index (κ3) is 4.66. The topological polar surface area (TPSA) is 94.3 Å². The Morgan fingerprint density at radius 1 is 0.975 bits per heavy atom. The van der Waals surface area contributed by atoms with Crippen LogP contribution in [0.15, 0.2) is 78.9 Å². The number of amides is 3. The number of H-pyrrole nitrogens is 1. The maximum Gasteiger partial charge on any atom is 0.255 e. The minimum absolute atomic E-state index is 0.155. The number of carbonyl (C=O) groups is 3. The largest absolute Gasteiger partial charge is 0.356 e. The van der Waals surface area contributed by atoms with Gasteiger partial charge in [-0.15, -0.1) is 0 Å². The molecule has 2 aliphatic rings. The van der Waals surface area contributed by atoms with E-state index >= 15 is 0 Å². The summed E-state index contributed by atoms with van der Waals surface area (Å²) in [5, 5.41) is 7.11. The number of rotatable bonds is 8. The molecular weight excluding hydrogens is 500 g/mol. The van der Waals surface area contributed by atoms with E-state index < -0.39 is 12.1 Å². The Morgan fingerprint density at radius 2 is 1.70 bits per heavy atom. The zero-order chi connectivity index (χ0) is 27.8. The van der Waals surface area contributed by atoms with Gasteiger partial charge >= 0.3 is 0 Å². The highest BCUT2D eigenvalue weighted by molar-refractivity contribution is 6.04. The van der Waals surface area contributed by atoms with E-state index in [4.69, 9.17) is 0 Å². The van der Waals surface area contributed by atoms with E-state index in [1.807, 2.05) is 86.6 Å². The normalized spacial score (nSPS) is 18.3. The fraction of sp³-hybridized carbons (Fsp3) is 0.303. The second kappa shape index (κ2) is 10.6. The first-order chi connectivity index (χ1) is 19.4. The van der Waals surface area contributed by atoms with E-state index in [0.717, 1.165) is 33.3 Å². The van der Waals surface area contributed by atoms with Gasteiger partial charge in [0.2, 0.25) is 11.8 Å². The number of aromatic nitrogens is 1. The highest BCUT2D eigenvalue weighted by atomic mass is 16.2.